The zero-order valence-corrected chi connectivity index (χ0v) is 9.67. The number of pyridine rings is 1. The van der Waals surface area contributed by atoms with Gasteiger partial charge < -0.3 is 10.0 Å². The molecule has 0 amide bonds. The van der Waals surface area contributed by atoms with Crippen LogP contribution in [0.3, 0.4) is 0 Å². The van der Waals surface area contributed by atoms with Gasteiger partial charge in [-0.15, -0.1) is 0 Å². The Bertz CT molecular complexity index is 432. The molecular weight excluding hydrogens is 222 g/mol. The highest BCUT2D eigenvalue weighted by molar-refractivity contribution is 5.48. The minimum Gasteiger partial charge on any atom is -0.395 e. The van der Waals surface area contributed by atoms with Gasteiger partial charge in [-0.25, -0.2) is 4.98 Å². The highest BCUT2D eigenvalue weighted by Gasteiger charge is 2.30. The summed E-state index contributed by atoms with van der Waals surface area (Å²) in [6.45, 7) is 2.22. The first-order valence-corrected chi connectivity index (χ1v) is 5.63. The average Bonchev–Trinajstić information content (AvgIpc) is 3.09. The molecule has 92 valence electrons. The van der Waals surface area contributed by atoms with Gasteiger partial charge in [-0.1, -0.05) is 0 Å². The van der Waals surface area contributed by atoms with E-state index < -0.39 is 4.92 Å². The summed E-state index contributed by atoms with van der Waals surface area (Å²) >= 11 is 0. The summed E-state index contributed by atoms with van der Waals surface area (Å²) in [5.41, 5.74) is 0.449. The van der Waals surface area contributed by atoms with Crippen molar-refractivity contribution in [2.45, 2.75) is 25.8 Å². The van der Waals surface area contributed by atoms with E-state index in [0.29, 0.717) is 24.1 Å². The van der Waals surface area contributed by atoms with Crippen LogP contribution in [0.2, 0.25) is 0 Å². The summed E-state index contributed by atoms with van der Waals surface area (Å²) in [6.07, 6.45) is 2.19. The number of hydrogen-bond donors (Lipinski definition) is 1. The molecule has 1 aliphatic carbocycles. The van der Waals surface area contributed by atoms with Gasteiger partial charge in [0.15, 0.2) is 0 Å². The van der Waals surface area contributed by atoms with E-state index >= 15 is 0 Å². The van der Waals surface area contributed by atoms with E-state index in [1.807, 2.05) is 4.90 Å². The van der Waals surface area contributed by atoms with Crippen molar-refractivity contribution >= 4 is 11.5 Å². The van der Waals surface area contributed by atoms with Crippen LogP contribution in [0, 0.1) is 17.0 Å². The summed E-state index contributed by atoms with van der Waals surface area (Å²) < 4.78 is 0. The summed E-state index contributed by atoms with van der Waals surface area (Å²) in [6, 6.07) is 3.55. The molecule has 0 aromatic carbocycles. The van der Waals surface area contributed by atoms with E-state index in [0.717, 1.165) is 12.8 Å². The van der Waals surface area contributed by atoms with Gasteiger partial charge in [0.1, 0.15) is 11.5 Å². The quantitative estimate of drug-likeness (QED) is 0.616. The lowest BCUT2D eigenvalue weighted by molar-refractivity contribution is -0.385. The first-order valence-electron chi connectivity index (χ1n) is 5.63. The maximum atomic E-state index is 10.7. The Morgan fingerprint density at radius 1 is 1.59 bits per heavy atom. The van der Waals surface area contributed by atoms with Crippen molar-refractivity contribution in [3.05, 3.63) is 27.9 Å². The third-order valence-corrected chi connectivity index (χ3v) is 2.86. The van der Waals surface area contributed by atoms with Crippen molar-refractivity contribution in [2.24, 2.45) is 0 Å². The van der Waals surface area contributed by atoms with Crippen molar-refractivity contribution < 1.29 is 10.0 Å². The molecule has 0 radical (unpaired) electrons. The highest BCUT2D eigenvalue weighted by atomic mass is 16.6. The predicted molar refractivity (Wildman–Crippen MR) is 63.1 cm³/mol. The lowest BCUT2D eigenvalue weighted by atomic mass is 10.3. The molecular formula is C11H15N3O3. The number of aryl methyl sites for hydroxylation is 1. The third-order valence-electron chi connectivity index (χ3n) is 2.86. The van der Waals surface area contributed by atoms with Gasteiger partial charge in [-0.3, -0.25) is 10.1 Å². The van der Waals surface area contributed by atoms with Crippen LogP contribution in [0.1, 0.15) is 18.5 Å². The Balaban J connectivity index is 2.25. The Hall–Kier alpha value is -1.69. The maximum Gasteiger partial charge on any atom is 0.290 e. The fourth-order valence-electron chi connectivity index (χ4n) is 1.87. The minimum absolute atomic E-state index is 0.0356. The molecule has 0 unspecified atom stereocenters. The molecule has 0 saturated heterocycles. The molecule has 0 aliphatic heterocycles. The number of aliphatic hydroxyl groups excluding tert-OH is 1. The van der Waals surface area contributed by atoms with Gasteiger partial charge in [0.05, 0.1) is 11.5 Å². The first kappa shape index (κ1) is 11.8. The van der Waals surface area contributed by atoms with Crippen molar-refractivity contribution in [3.63, 3.8) is 0 Å². The molecule has 1 aromatic rings. The predicted octanol–water partition coefficient (Wildman–Crippen LogP) is 1.26. The lowest BCUT2D eigenvalue weighted by Crippen LogP contribution is -2.29. The van der Waals surface area contributed by atoms with Gasteiger partial charge >= 0.3 is 0 Å². The van der Waals surface area contributed by atoms with Crippen LogP contribution in [0.25, 0.3) is 0 Å². The lowest BCUT2D eigenvalue weighted by Gasteiger charge is -2.22. The van der Waals surface area contributed by atoms with Crippen molar-refractivity contribution in [3.8, 4) is 0 Å². The van der Waals surface area contributed by atoms with Gasteiger partial charge in [-0.05, 0) is 25.8 Å². The molecule has 1 aromatic heterocycles. The average molecular weight is 237 g/mol. The van der Waals surface area contributed by atoms with E-state index in [2.05, 4.69) is 4.98 Å². The normalized spacial score (nSPS) is 14.7. The summed E-state index contributed by atoms with van der Waals surface area (Å²) in [5, 5.41) is 19.7. The van der Waals surface area contributed by atoms with Crippen LogP contribution in [0.4, 0.5) is 11.5 Å². The van der Waals surface area contributed by atoms with E-state index in [1.54, 1.807) is 13.0 Å². The van der Waals surface area contributed by atoms with Crippen molar-refractivity contribution in [1.82, 2.24) is 4.98 Å². The second-order valence-electron chi connectivity index (χ2n) is 4.18. The highest BCUT2D eigenvalue weighted by Crippen LogP contribution is 2.31. The van der Waals surface area contributed by atoms with E-state index in [1.165, 1.54) is 6.07 Å². The summed E-state index contributed by atoms with van der Waals surface area (Å²) in [4.78, 5) is 16.5. The molecule has 1 N–H and O–H groups in total. The first-order chi connectivity index (χ1) is 8.13. The molecule has 1 fully saturated rings. The van der Waals surface area contributed by atoms with Gasteiger partial charge in [0.2, 0.25) is 0 Å². The largest absolute Gasteiger partial charge is 0.395 e. The Kier molecular flexibility index (Phi) is 3.23. The number of nitrogens with zero attached hydrogens (tertiary/aromatic N) is 3. The molecule has 2 rings (SSSR count). The van der Waals surface area contributed by atoms with E-state index in [-0.39, 0.29) is 12.3 Å². The Morgan fingerprint density at radius 3 is 2.76 bits per heavy atom. The zero-order valence-electron chi connectivity index (χ0n) is 9.67. The smallest absolute Gasteiger partial charge is 0.290 e. The SMILES string of the molecule is Cc1nc(N(CCO)C2CC2)ccc1[N+](=O)[O-]. The monoisotopic (exact) mass is 237 g/mol. The van der Waals surface area contributed by atoms with Crippen LogP contribution in [0.15, 0.2) is 12.1 Å². The fraction of sp³-hybridized carbons (Fsp3) is 0.545. The molecule has 1 aliphatic rings. The van der Waals surface area contributed by atoms with Crippen LogP contribution >= 0.6 is 0 Å². The Morgan fingerprint density at radius 2 is 2.29 bits per heavy atom. The number of rotatable bonds is 5. The molecule has 0 spiro atoms. The van der Waals surface area contributed by atoms with E-state index in [4.69, 9.17) is 5.11 Å². The third kappa shape index (κ3) is 2.52. The molecule has 17 heavy (non-hydrogen) atoms. The molecule has 0 atom stereocenters. The van der Waals surface area contributed by atoms with Gasteiger partial charge in [-0.2, -0.15) is 0 Å². The summed E-state index contributed by atoms with van der Waals surface area (Å²) in [7, 11) is 0. The summed E-state index contributed by atoms with van der Waals surface area (Å²) in [5.74, 6) is 0.713. The van der Waals surface area contributed by atoms with Crippen LogP contribution in [-0.4, -0.2) is 34.2 Å². The standard InChI is InChI=1S/C11H15N3O3/c1-8-10(14(16)17)4-5-11(12-8)13(6-7-15)9-2-3-9/h4-5,9,15H,2-3,6-7H2,1H3. The van der Waals surface area contributed by atoms with Crippen molar-refractivity contribution in [2.75, 3.05) is 18.1 Å². The number of anilines is 1. The van der Waals surface area contributed by atoms with Crippen LogP contribution < -0.4 is 4.90 Å². The minimum atomic E-state index is -0.431. The molecule has 1 saturated carbocycles. The second-order valence-corrected chi connectivity index (χ2v) is 4.18. The maximum absolute atomic E-state index is 10.7. The molecule has 1 heterocycles. The number of aromatic nitrogens is 1. The van der Waals surface area contributed by atoms with E-state index in [9.17, 15) is 10.1 Å². The zero-order chi connectivity index (χ0) is 12.4. The fourth-order valence-corrected chi connectivity index (χ4v) is 1.87. The second kappa shape index (κ2) is 4.67. The van der Waals surface area contributed by atoms with Crippen LogP contribution in [0.5, 0.6) is 0 Å². The number of hydrogen-bond acceptors (Lipinski definition) is 5. The van der Waals surface area contributed by atoms with Crippen molar-refractivity contribution in [1.29, 1.82) is 0 Å². The molecule has 6 heteroatoms. The molecule has 6 nitrogen and oxygen atoms in total. The van der Waals surface area contributed by atoms with Crippen LogP contribution in [-0.2, 0) is 0 Å². The number of nitro groups is 1. The molecule has 0 bridgehead atoms. The Labute approximate surface area is 99.0 Å². The number of aliphatic hydroxyl groups is 1. The van der Waals surface area contributed by atoms with Gasteiger partial charge in [0.25, 0.3) is 5.69 Å². The topological polar surface area (TPSA) is 79.5 Å². The van der Waals surface area contributed by atoms with Gasteiger partial charge in [0, 0.05) is 18.7 Å².